The quantitative estimate of drug-likeness (QED) is 0.591. The summed E-state index contributed by atoms with van der Waals surface area (Å²) in [6, 6.07) is 5.94. The fraction of sp³-hybridized carbons (Fsp3) is 0.462. The SMILES string of the molecule is COCCNCC(=O)NCC(O)c1ccccc1F. The molecule has 19 heavy (non-hydrogen) atoms. The van der Waals surface area contributed by atoms with Crippen LogP contribution < -0.4 is 10.6 Å². The van der Waals surface area contributed by atoms with Crippen LogP contribution in [0.25, 0.3) is 0 Å². The Morgan fingerprint density at radius 1 is 1.47 bits per heavy atom. The number of methoxy groups -OCH3 is 1. The van der Waals surface area contributed by atoms with Gasteiger partial charge in [-0.1, -0.05) is 18.2 Å². The number of nitrogens with one attached hydrogen (secondary N) is 2. The Morgan fingerprint density at radius 2 is 2.21 bits per heavy atom. The minimum Gasteiger partial charge on any atom is -0.386 e. The Labute approximate surface area is 111 Å². The summed E-state index contributed by atoms with van der Waals surface area (Å²) in [5, 5.41) is 15.2. The topological polar surface area (TPSA) is 70.6 Å². The van der Waals surface area contributed by atoms with E-state index in [0.29, 0.717) is 13.2 Å². The van der Waals surface area contributed by atoms with Gasteiger partial charge in [0.25, 0.3) is 0 Å². The van der Waals surface area contributed by atoms with Gasteiger partial charge in [0.05, 0.1) is 19.3 Å². The monoisotopic (exact) mass is 270 g/mol. The van der Waals surface area contributed by atoms with Gasteiger partial charge >= 0.3 is 0 Å². The van der Waals surface area contributed by atoms with Crippen molar-refractivity contribution in [2.75, 3.05) is 33.4 Å². The molecule has 0 bridgehead atoms. The van der Waals surface area contributed by atoms with Gasteiger partial charge in [0.1, 0.15) is 5.82 Å². The van der Waals surface area contributed by atoms with Crippen LogP contribution >= 0.6 is 0 Å². The summed E-state index contributed by atoms with van der Waals surface area (Å²) in [6.07, 6.45) is -1.05. The van der Waals surface area contributed by atoms with E-state index in [1.54, 1.807) is 19.2 Å². The zero-order valence-corrected chi connectivity index (χ0v) is 10.9. The van der Waals surface area contributed by atoms with Gasteiger partial charge in [-0.3, -0.25) is 4.79 Å². The van der Waals surface area contributed by atoms with Gasteiger partial charge in [0, 0.05) is 25.8 Å². The molecule has 1 rings (SSSR count). The van der Waals surface area contributed by atoms with Crippen molar-refractivity contribution in [3.63, 3.8) is 0 Å². The summed E-state index contributed by atoms with van der Waals surface area (Å²) in [6.45, 7) is 1.20. The third-order valence-corrected chi connectivity index (χ3v) is 2.53. The molecule has 6 heteroatoms. The van der Waals surface area contributed by atoms with E-state index in [4.69, 9.17) is 4.74 Å². The molecular formula is C13H19FN2O3. The Morgan fingerprint density at radius 3 is 2.89 bits per heavy atom. The fourth-order valence-corrected chi connectivity index (χ4v) is 1.50. The third kappa shape index (κ3) is 5.78. The first-order valence-electron chi connectivity index (χ1n) is 6.04. The van der Waals surface area contributed by atoms with E-state index in [1.165, 1.54) is 12.1 Å². The van der Waals surface area contributed by atoms with Gasteiger partial charge in [-0.2, -0.15) is 0 Å². The lowest BCUT2D eigenvalue weighted by atomic mass is 10.1. The van der Waals surface area contributed by atoms with Gasteiger partial charge in [0.2, 0.25) is 5.91 Å². The molecule has 0 aromatic heterocycles. The lowest BCUT2D eigenvalue weighted by molar-refractivity contribution is -0.120. The molecular weight excluding hydrogens is 251 g/mol. The number of rotatable bonds is 8. The van der Waals surface area contributed by atoms with Gasteiger partial charge in [-0.05, 0) is 6.07 Å². The Kier molecular flexibility index (Phi) is 7.02. The Hall–Kier alpha value is -1.50. The first-order chi connectivity index (χ1) is 9.15. The van der Waals surface area contributed by atoms with Crippen molar-refractivity contribution in [3.05, 3.63) is 35.6 Å². The van der Waals surface area contributed by atoms with Crippen LogP contribution in [0.1, 0.15) is 11.7 Å². The Balaban J connectivity index is 2.28. The lowest BCUT2D eigenvalue weighted by Crippen LogP contribution is -2.37. The average molecular weight is 270 g/mol. The largest absolute Gasteiger partial charge is 0.386 e. The van der Waals surface area contributed by atoms with Crippen LogP contribution in [0, 0.1) is 5.82 Å². The van der Waals surface area contributed by atoms with Crippen molar-refractivity contribution < 1.29 is 19.0 Å². The minimum absolute atomic E-state index is 0.0221. The average Bonchev–Trinajstić information content (AvgIpc) is 2.41. The molecule has 1 atom stereocenters. The minimum atomic E-state index is -1.05. The first kappa shape index (κ1) is 15.6. The van der Waals surface area contributed by atoms with Crippen molar-refractivity contribution in [3.8, 4) is 0 Å². The maximum absolute atomic E-state index is 13.4. The number of ether oxygens (including phenoxy) is 1. The smallest absolute Gasteiger partial charge is 0.234 e. The highest BCUT2D eigenvalue weighted by Gasteiger charge is 2.12. The molecule has 1 aromatic carbocycles. The highest BCUT2D eigenvalue weighted by Crippen LogP contribution is 2.15. The lowest BCUT2D eigenvalue weighted by Gasteiger charge is -2.13. The van der Waals surface area contributed by atoms with Crippen molar-refractivity contribution >= 4 is 5.91 Å². The predicted molar refractivity (Wildman–Crippen MR) is 69.1 cm³/mol. The first-order valence-corrected chi connectivity index (χ1v) is 6.04. The van der Waals surface area contributed by atoms with Crippen LogP contribution in [-0.2, 0) is 9.53 Å². The third-order valence-electron chi connectivity index (χ3n) is 2.53. The van der Waals surface area contributed by atoms with Crippen molar-refractivity contribution in [2.45, 2.75) is 6.10 Å². The van der Waals surface area contributed by atoms with Crippen molar-refractivity contribution in [2.24, 2.45) is 0 Å². The standard InChI is InChI=1S/C13H19FN2O3/c1-19-7-6-15-9-13(18)16-8-12(17)10-4-2-3-5-11(10)14/h2-5,12,15,17H,6-9H2,1H3,(H,16,18). The maximum Gasteiger partial charge on any atom is 0.234 e. The van der Waals surface area contributed by atoms with Crippen molar-refractivity contribution in [1.29, 1.82) is 0 Å². The second-order valence-electron chi connectivity index (χ2n) is 4.01. The fourth-order valence-electron chi connectivity index (χ4n) is 1.50. The molecule has 0 aliphatic rings. The van der Waals surface area contributed by atoms with E-state index in [-0.39, 0.29) is 24.6 Å². The zero-order chi connectivity index (χ0) is 14.1. The van der Waals surface area contributed by atoms with E-state index in [9.17, 15) is 14.3 Å². The van der Waals surface area contributed by atoms with Crippen LogP contribution in [0.4, 0.5) is 4.39 Å². The molecule has 0 radical (unpaired) electrons. The normalized spacial score (nSPS) is 12.2. The van der Waals surface area contributed by atoms with Gasteiger partial charge in [-0.25, -0.2) is 4.39 Å². The molecule has 0 fully saturated rings. The van der Waals surface area contributed by atoms with E-state index in [0.717, 1.165) is 0 Å². The Bertz CT molecular complexity index is 401. The van der Waals surface area contributed by atoms with E-state index >= 15 is 0 Å². The van der Waals surface area contributed by atoms with Crippen LogP contribution in [0.3, 0.4) is 0 Å². The number of hydrogen-bond donors (Lipinski definition) is 3. The number of halogens is 1. The van der Waals surface area contributed by atoms with Crippen LogP contribution in [0.5, 0.6) is 0 Å². The molecule has 5 nitrogen and oxygen atoms in total. The number of amides is 1. The van der Waals surface area contributed by atoms with Crippen LogP contribution in [0.15, 0.2) is 24.3 Å². The van der Waals surface area contributed by atoms with Gasteiger partial charge in [-0.15, -0.1) is 0 Å². The number of carbonyl (C=O) groups excluding carboxylic acids is 1. The molecule has 1 unspecified atom stereocenters. The maximum atomic E-state index is 13.4. The molecule has 1 amide bonds. The highest BCUT2D eigenvalue weighted by molar-refractivity contribution is 5.78. The van der Waals surface area contributed by atoms with Crippen LogP contribution in [0.2, 0.25) is 0 Å². The molecule has 106 valence electrons. The zero-order valence-electron chi connectivity index (χ0n) is 10.9. The number of carbonyl (C=O) groups is 1. The van der Waals surface area contributed by atoms with E-state index < -0.39 is 11.9 Å². The molecule has 0 spiro atoms. The summed E-state index contributed by atoms with van der Waals surface area (Å²) in [7, 11) is 1.58. The van der Waals surface area contributed by atoms with E-state index in [2.05, 4.69) is 10.6 Å². The molecule has 0 saturated carbocycles. The number of aliphatic hydroxyl groups excluding tert-OH is 1. The number of hydrogen-bond acceptors (Lipinski definition) is 4. The summed E-state index contributed by atoms with van der Waals surface area (Å²) in [5.74, 6) is -0.742. The van der Waals surface area contributed by atoms with E-state index in [1.807, 2.05) is 0 Å². The van der Waals surface area contributed by atoms with Gasteiger partial charge < -0.3 is 20.5 Å². The molecule has 1 aromatic rings. The summed E-state index contributed by atoms with van der Waals surface area (Å²) in [4.78, 5) is 11.4. The molecule has 0 saturated heterocycles. The number of benzene rings is 1. The predicted octanol–water partition coefficient (Wildman–Crippen LogP) is 0.211. The summed E-state index contributed by atoms with van der Waals surface area (Å²) >= 11 is 0. The second-order valence-corrected chi connectivity index (χ2v) is 4.01. The number of aliphatic hydroxyl groups is 1. The molecule has 3 N–H and O–H groups in total. The summed E-state index contributed by atoms with van der Waals surface area (Å²) < 4.78 is 18.2. The molecule has 0 aliphatic carbocycles. The highest BCUT2D eigenvalue weighted by atomic mass is 19.1. The summed E-state index contributed by atoms with van der Waals surface area (Å²) in [5.41, 5.74) is 0.176. The van der Waals surface area contributed by atoms with Crippen LogP contribution in [-0.4, -0.2) is 44.4 Å². The molecule has 0 heterocycles. The molecule has 0 aliphatic heterocycles. The van der Waals surface area contributed by atoms with Crippen molar-refractivity contribution in [1.82, 2.24) is 10.6 Å². The second kappa shape index (κ2) is 8.58. The van der Waals surface area contributed by atoms with Gasteiger partial charge in [0.15, 0.2) is 0 Å².